The summed E-state index contributed by atoms with van der Waals surface area (Å²) >= 11 is 0. The number of rotatable bonds is 9. The summed E-state index contributed by atoms with van der Waals surface area (Å²) in [6, 6.07) is 0.679. The lowest BCUT2D eigenvalue weighted by Crippen LogP contribution is -2.29. The van der Waals surface area contributed by atoms with Crippen molar-refractivity contribution in [1.82, 2.24) is 15.3 Å². The van der Waals surface area contributed by atoms with Gasteiger partial charge in [0.2, 0.25) is 5.95 Å². The lowest BCUT2D eigenvalue weighted by Gasteiger charge is -2.23. The predicted molar refractivity (Wildman–Crippen MR) is 83.9 cm³/mol. The SMILES string of the molecule is CCCNCc1cnc(N(CCC(C)C)C2CC2)nc1. The molecule has 1 heterocycles. The van der Waals surface area contributed by atoms with Crippen LogP contribution in [0, 0.1) is 5.92 Å². The van der Waals surface area contributed by atoms with Gasteiger partial charge in [-0.25, -0.2) is 9.97 Å². The maximum absolute atomic E-state index is 4.57. The zero-order valence-electron chi connectivity index (χ0n) is 13.1. The number of aromatic nitrogens is 2. The van der Waals surface area contributed by atoms with Crippen molar-refractivity contribution in [1.29, 1.82) is 0 Å². The van der Waals surface area contributed by atoms with E-state index in [1.807, 2.05) is 12.4 Å². The topological polar surface area (TPSA) is 41.1 Å². The van der Waals surface area contributed by atoms with Crippen molar-refractivity contribution in [3.63, 3.8) is 0 Å². The van der Waals surface area contributed by atoms with Gasteiger partial charge in [-0.2, -0.15) is 0 Å². The molecule has 1 saturated carbocycles. The molecule has 1 aliphatic carbocycles. The van der Waals surface area contributed by atoms with E-state index in [0.717, 1.165) is 37.9 Å². The largest absolute Gasteiger partial charge is 0.338 e. The average Bonchev–Trinajstić information content (AvgIpc) is 3.25. The number of hydrogen-bond donors (Lipinski definition) is 1. The quantitative estimate of drug-likeness (QED) is 0.704. The molecule has 0 saturated heterocycles. The zero-order valence-corrected chi connectivity index (χ0v) is 13.1. The molecular formula is C16H28N4. The Balaban J connectivity index is 1.91. The summed E-state index contributed by atoms with van der Waals surface area (Å²) in [7, 11) is 0. The molecule has 2 rings (SSSR count). The Labute approximate surface area is 123 Å². The molecular weight excluding hydrogens is 248 g/mol. The lowest BCUT2D eigenvalue weighted by atomic mass is 10.1. The summed E-state index contributed by atoms with van der Waals surface area (Å²) in [5.41, 5.74) is 1.17. The van der Waals surface area contributed by atoms with Gasteiger partial charge in [0.05, 0.1) is 0 Å². The molecule has 112 valence electrons. The van der Waals surface area contributed by atoms with Gasteiger partial charge < -0.3 is 10.2 Å². The number of anilines is 1. The highest BCUT2D eigenvalue weighted by atomic mass is 15.3. The summed E-state index contributed by atoms with van der Waals surface area (Å²) in [5, 5.41) is 3.38. The summed E-state index contributed by atoms with van der Waals surface area (Å²) in [4.78, 5) is 11.5. The van der Waals surface area contributed by atoms with Crippen LogP contribution in [-0.2, 0) is 6.54 Å². The second-order valence-electron chi connectivity index (χ2n) is 6.18. The van der Waals surface area contributed by atoms with Crippen LogP contribution >= 0.6 is 0 Å². The Morgan fingerprint density at radius 3 is 2.55 bits per heavy atom. The molecule has 20 heavy (non-hydrogen) atoms. The first-order valence-corrected chi connectivity index (χ1v) is 7.99. The van der Waals surface area contributed by atoms with E-state index in [9.17, 15) is 0 Å². The third-order valence-electron chi connectivity index (χ3n) is 3.64. The van der Waals surface area contributed by atoms with Gasteiger partial charge in [0.1, 0.15) is 0 Å². The Bertz CT molecular complexity index is 384. The molecule has 0 radical (unpaired) electrons. The molecule has 1 aliphatic rings. The van der Waals surface area contributed by atoms with Crippen LogP contribution in [-0.4, -0.2) is 29.1 Å². The number of nitrogens with one attached hydrogen (secondary N) is 1. The predicted octanol–water partition coefficient (Wildman–Crippen LogP) is 2.99. The Kier molecular flexibility index (Phi) is 5.77. The molecule has 0 unspecified atom stereocenters. The van der Waals surface area contributed by atoms with Crippen molar-refractivity contribution in [2.45, 2.75) is 59.0 Å². The highest BCUT2D eigenvalue weighted by molar-refractivity contribution is 5.34. The van der Waals surface area contributed by atoms with E-state index in [4.69, 9.17) is 0 Å². The molecule has 0 aromatic carbocycles. The fourth-order valence-corrected chi connectivity index (χ4v) is 2.23. The van der Waals surface area contributed by atoms with Gasteiger partial charge in [-0.05, 0) is 38.1 Å². The molecule has 1 aromatic rings. The first kappa shape index (κ1) is 15.2. The van der Waals surface area contributed by atoms with Crippen LogP contribution in [0.15, 0.2) is 12.4 Å². The molecule has 1 aromatic heterocycles. The first-order chi connectivity index (χ1) is 9.70. The minimum absolute atomic E-state index is 0.679. The van der Waals surface area contributed by atoms with Gasteiger partial charge in [0, 0.05) is 37.1 Å². The van der Waals surface area contributed by atoms with Crippen LogP contribution in [0.25, 0.3) is 0 Å². The molecule has 0 amide bonds. The van der Waals surface area contributed by atoms with E-state index in [2.05, 4.69) is 41.0 Å². The Hall–Kier alpha value is -1.16. The van der Waals surface area contributed by atoms with E-state index in [1.165, 1.54) is 24.8 Å². The highest BCUT2D eigenvalue weighted by Crippen LogP contribution is 2.30. The zero-order chi connectivity index (χ0) is 14.4. The normalized spacial score (nSPS) is 14.8. The summed E-state index contributed by atoms with van der Waals surface area (Å²) < 4.78 is 0. The van der Waals surface area contributed by atoms with E-state index in [-0.39, 0.29) is 0 Å². The summed E-state index contributed by atoms with van der Waals surface area (Å²) in [6.45, 7) is 9.71. The maximum atomic E-state index is 4.57. The molecule has 0 aliphatic heterocycles. The van der Waals surface area contributed by atoms with Crippen molar-refractivity contribution in [2.75, 3.05) is 18.0 Å². The van der Waals surface area contributed by atoms with Gasteiger partial charge in [-0.15, -0.1) is 0 Å². The van der Waals surface area contributed by atoms with E-state index < -0.39 is 0 Å². The van der Waals surface area contributed by atoms with Crippen molar-refractivity contribution >= 4 is 5.95 Å². The van der Waals surface area contributed by atoms with E-state index >= 15 is 0 Å². The second-order valence-corrected chi connectivity index (χ2v) is 6.18. The van der Waals surface area contributed by atoms with E-state index in [1.54, 1.807) is 0 Å². The third kappa shape index (κ3) is 4.75. The fourth-order valence-electron chi connectivity index (χ4n) is 2.23. The minimum Gasteiger partial charge on any atom is -0.338 e. The van der Waals surface area contributed by atoms with Crippen LogP contribution in [0.5, 0.6) is 0 Å². The summed E-state index contributed by atoms with van der Waals surface area (Å²) in [5.74, 6) is 1.64. The number of hydrogen-bond acceptors (Lipinski definition) is 4. The number of nitrogens with zero attached hydrogens (tertiary/aromatic N) is 3. The standard InChI is InChI=1S/C16H28N4/c1-4-8-17-10-14-11-18-16(19-12-14)20(15-5-6-15)9-7-13(2)3/h11-13,15,17H,4-10H2,1-3H3. The van der Waals surface area contributed by atoms with Crippen molar-refractivity contribution in [3.8, 4) is 0 Å². The van der Waals surface area contributed by atoms with Crippen LogP contribution in [0.1, 0.15) is 52.0 Å². The minimum atomic E-state index is 0.679. The van der Waals surface area contributed by atoms with Crippen molar-refractivity contribution in [2.24, 2.45) is 5.92 Å². The van der Waals surface area contributed by atoms with Crippen LogP contribution in [0.2, 0.25) is 0 Å². The van der Waals surface area contributed by atoms with Crippen molar-refractivity contribution in [3.05, 3.63) is 18.0 Å². The third-order valence-corrected chi connectivity index (χ3v) is 3.64. The van der Waals surface area contributed by atoms with Gasteiger partial charge in [0.25, 0.3) is 0 Å². The van der Waals surface area contributed by atoms with Gasteiger partial charge in [0.15, 0.2) is 0 Å². The second kappa shape index (κ2) is 7.58. The average molecular weight is 276 g/mol. The lowest BCUT2D eigenvalue weighted by molar-refractivity contribution is 0.565. The first-order valence-electron chi connectivity index (χ1n) is 7.99. The molecule has 0 atom stereocenters. The molecule has 0 bridgehead atoms. The Morgan fingerprint density at radius 1 is 1.30 bits per heavy atom. The molecule has 1 fully saturated rings. The summed E-state index contributed by atoms with van der Waals surface area (Å²) in [6.07, 6.45) is 8.89. The van der Waals surface area contributed by atoms with Crippen LogP contribution in [0.4, 0.5) is 5.95 Å². The monoisotopic (exact) mass is 276 g/mol. The van der Waals surface area contributed by atoms with Gasteiger partial charge in [-0.1, -0.05) is 20.8 Å². The fraction of sp³-hybridized carbons (Fsp3) is 0.750. The highest BCUT2D eigenvalue weighted by Gasteiger charge is 2.30. The van der Waals surface area contributed by atoms with Crippen LogP contribution in [0.3, 0.4) is 0 Å². The van der Waals surface area contributed by atoms with Crippen molar-refractivity contribution < 1.29 is 0 Å². The smallest absolute Gasteiger partial charge is 0.225 e. The molecule has 4 nitrogen and oxygen atoms in total. The van der Waals surface area contributed by atoms with Crippen LogP contribution < -0.4 is 10.2 Å². The molecule has 4 heteroatoms. The Morgan fingerprint density at radius 2 is 2.00 bits per heavy atom. The molecule has 1 N–H and O–H groups in total. The molecule has 0 spiro atoms. The van der Waals surface area contributed by atoms with Gasteiger partial charge >= 0.3 is 0 Å². The maximum Gasteiger partial charge on any atom is 0.225 e. The van der Waals surface area contributed by atoms with E-state index in [0.29, 0.717) is 6.04 Å². The van der Waals surface area contributed by atoms with Gasteiger partial charge in [-0.3, -0.25) is 0 Å².